The van der Waals surface area contributed by atoms with Gasteiger partial charge in [0.05, 0.1) is 5.75 Å². The molecular weight excluding hydrogens is 388 g/mol. The van der Waals surface area contributed by atoms with Crippen molar-refractivity contribution in [3.8, 4) is 0 Å². The van der Waals surface area contributed by atoms with Crippen molar-refractivity contribution >= 4 is 23.8 Å². The molecule has 0 spiro atoms. The molecule has 1 unspecified atom stereocenters. The van der Waals surface area contributed by atoms with Gasteiger partial charge in [-0.2, -0.15) is 11.8 Å². The molecule has 0 heterocycles. The predicted molar refractivity (Wildman–Crippen MR) is 107 cm³/mol. The van der Waals surface area contributed by atoms with Crippen LogP contribution in [0.15, 0.2) is 30.3 Å². The van der Waals surface area contributed by atoms with Gasteiger partial charge in [-0.1, -0.05) is 30.3 Å². The second-order valence-corrected chi connectivity index (χ2v) is 9.34. The monoisotopic (exact) mass is 417 g/mol. The molecule has 0 radical (unpaired) electrons. The topological polar surface area (TPSA) is 64.6 Å². The lowest BCUT2D eigenvalue weighted by Gasteiger charge is -2.30. The van der Waals surface area contributed by atoms with E-state index in [1.54, 1.807) is 41.5 Å². The predicted octanol–water partition coefficient (Wildman–Crippen LogP) is 4.79. The van der Waals surface area contributed by atoms with Gasteiger partial charge in [-0.3, -0.25) is 0 Å². The third-order valence-electron chi connectivity index (χ3n) is 3.13. The highest BCUT2D eigenvalue weighted by atomic mass is 32.2. The van der Waals surface area contributed by atoms with Gasteiger partial charge >= 0.3 is 12.1 Å². The Morgan fingerprint density at radius 2 is 1.54 bits per heavy atom. The third-order valence-corrected chi connectivity index (χ3v) is 4.26. The van der Waals surface area contributed by atoms with E-state index in [0.29, 0.717) is 5.75 Å². The van der Waals surface area contributed by atoms with E-state index in [1.807, 2.05) is 35.6 Å². The van der Waals surface area contributed by atoms with Crippen molar-refractivity contribution in [1.29, 1.82) is 0 Å². The Kier molecular flexibility index (Phi) is 8.29. The molecule has 8 heteroatoms. The summed E-state index contributed by atoms with van der Waals surface area (Å²) in [4.78, 5) is 24.4. The highest BCUT2D eigenvalue weighted by molar-refractivity contribution is 7.98. The molecule has 1 aromatic carbocycles. The Labute approximate surface area is 169 Å². The molecule has 1 aromatic rings. The minimum absolute atomic E-state index is 0.351. The summed E-state index contributed by atoms with van der Waals surface area (Å²) < 4.78 is 39.7. The molecule has 1 atom stereocenters. The Bertz CT molecular complexity index is 654. The summed E-state index contributed by atoms with van der Waals surface area (Å²) >= 11 is 0.967. The lowest BCUT2D eigenvalue weighted by Crippen LogP contribution is -2.56. The molecule has 5 nitrogen and oxygen atoms in total. The Morgan fingerprint density at radius 1 is 1.00 bits per heavy atom. The highest BCUT2D eigenvalue weighted by Gasteiger charge is 2.48. The van der Waals surface area contributed by atoms with Crippen LogP contribution in [0.5, 0.6) is 0 Å². The van der Waals surface area contributed by atoms with E-state index in [9.17, 15) is 18.4 Å². The van der Waals surface area contributed by atoms with Gasteiger partial charge in [0, 0.05) is 5.75 Å². The summed E-state index contributed by atoms with van der Waals surface area (Å²) in [6.45, 7) is 9.50. The maximum absolute atomic E-state index is 14.8. The first-order chi connectivity index (χ1) is 12.7. The number of alkyl halides is 2. The maximum Gasteiger partial charge on any atom is 0.408 e. The average molecular weight is 418 g/mol. The molecule has 0 bridgehead atoms. The van der Waals surface area contributed by atoms with Crippen LogP contribution in [-0.4, -0.2) is 41.0 Å². The largest absolute Gasteiger partial charge is 0.458 e. The number of carbonyl (C=O) groups is 2. The number of halogens is 2. The van der Waals surface area contributed by atoms with Crippen LogP contribution in [0.2, 0.25) is 0 Å². The molecule has 0 aromatic heterocycles. The van der Waals surface area contributed by atoms with Gasteiger partial charge in [0.1, 0.15) is 11.2 Å². The molecular formula is C20H29F2NO4S. The lowest BCUT2D eigenvalue weighted by molar-refractivity contribution is -0.166. The van der Waals surface area contributed by atoms with Gasteiger partial charge in [-0.05, 0) is 47.1 Å². The van der Waals surface area contributed by atoms with Gasteiger partial charge in [0.2, 0.25) is 0 Å². The summed E-state index contributed by atoms with van der Waals surface area (Å²) in [5, 5.41) is 1.99. The zero-order valence-corrected chi connectivity index (χ0v) is 18.0. The number of thioether (sulfide) groups is 1. The second-order valence-electron chi connectivity index (χ2n) is 8.35. The van der Waals surface area contributed by atoms with Gasteiger partial charge in [0.15, 0.2) is 6.04 Å². The third kappa shape index (κ3) is 9.39. The molecule has 158 valence electrons. The summed E-state index contributed by atoms with van der Waals surface area (Å²) in [6, 6.07) is 6.99. The van der Waals surface area contributed by atoms with Crippen molar-refractivity contribution in [3.05, 3.63) is 35.9 Å². The van der Waals surface area contributed by atoms with Crippen LogP contribution < -0.4 is 5.32 Å². The Balaban J connectivity index is 2.87. The normalized spacial score (nSPS) is 13.6. The van der Waals surface area contributed by atoms with Crippen LogP contribution in [0, 0.1) is 0 Å². The quantitative estimate of drug-likeness (QED) is 0.646. The van der Waals surface area contributed by atoms with Crippen molar-refractivity contribution in [1.82, 2.24) is 5.32 Å². The van der Waals surface area contributed by atoms with Crippen molar-refractivity contribution in [2.24, 2.45) is 0 Å². The number of esters is 1. The zero-order chi connectivity index (χ0) is 21.6. The number of rotatable bonds is 7. The van der Waals surface area contributed by atoms with Crippen LogP contribution in [-0.2, 0) is 20.0 Å². The van der Waals surface area contributed by atoms with Crippen LogP contribution >= 0.6 is 11.8 Å². The molecule has 1 rings (SSSR count). The Hall–Kier alpha value is -1.83. The average Bonchev–Trinajstić information content (AvgIpc) is 2.50. The van der Waals surface area contributed by atoms with E-state index in [0.717, 1.165) is 17.3 Å². The second kappa shape index (κ2) is 9.58. The van der Waals surface area contributed by atoms with E-state index in [2.05, 4.69) is 0 Å². The summed E-state index contributed by atoms with van der Waals surface area (Å²) in [5.41, 5.74) is -0.977. The number of carbonyl (C=O) groups excluding carboxylic acids is 2. The number of nitrogens with one attached hydrogen (secondary N) is 1. The SMILES string of the molecule is CC(C)(C)OC(=O)NC(C(=O)OC(C)(C)C)C(F)(F)CSCc1ccccc1. The molecule has 28 heavy (non-hydrogen) atoms. The van der Waals surface area contributed by atoms with Crippen molar-refractivity contribution in [3.63, 3.8) is 0 Å². The summed E-state index contributed by atoms with van der Waals surface area (Å²) in [6.07, 6.45) is -1.10. The van der Waals surface area contributed by atoms with Crippen molar-refractivity contribution in [2.75, 3.05) is 5.75 Å². The van der Waals surface area contributed by atoms with Gasteiger partial charge in [-0.25, -0.2) is 18.4 Å². The van der Waals surface area contributed by atoms with E-state index in [4.69, 9.17) is 9.47 Å². The fourth-order valence-corrected chi connectivity index (χ4v) is 3.05. The van der Waals surface area contributed by atoms with Crippen LogP contribution in [0.1, 0.15) is 47.1 Å². The number of benzene rings is 1. The van der Waals surface area contributed by atoms with Crippen LogP contribution in [0.3, 0.4) is 0 Å². The maximum atomic E-state index is 14.8. The minimum Gasteiger partial charge on any atom is -0.458 e. The molecule has 0 aliphatic heterocycles. The first-order valence-corrected chi connectivity index (χ1v) is 10.1. The van der Waals surface area contributed by atoms with Gasteiger partial charge < -0.3 is 14.8 Å². The standard InChI is InChI=1S/C20H29F2NO4S/c1-18(2,3)26-16(24)15(23-17(25)27-19(4,5)6)20(21,22)13-28-12-14-10-8-7-9-11-14/h7-11,15H,12-13H2,1-6H3,(H,23,25). The van der Waals surface area contributed by atoms with Gasteiger partial charge in [0.25, 0.3) is 5.92 Å². The molecule has 1 amide bonds. The van der Waals surface area contributed by atoms with Crippen molar-refractivity contribution in [2.45, 2.75) is 70.5 Å². The first-order valence-electron chi connectivity index (χ1n) is 8.91. The number of hydrogen-bond acceptors (Lipinski definition) is 5. The molecule has 1 N–H and O–H groups in total. The number of amides is 1. The molecule has 0 aliphatic rings. The minimum atomic E-state index is -3.53. The fourth-order valence-electron chi connectivity index (χ4n) is 2.09. The fraction of sp³-hybridized carbons (Fsp3) is 0.600. The van der Waals surface area contributed by atoms with E-state index in [1.165, 1.54) is 0 Å². The molecule has 0 saturated carbocycles. The number of alkyl carbamates (subject to hydrolysis) is 1. The van der Waals surface area contributed by atoms with Crippen LogP contribution in [0.25, 0.3) is 0 Å². The highest BCUT2D eigenvalue weighted by Crippen LogP contribution is 2.28. The zero-order valence-electron chi connectivity index (χ0n) is 17.2. The number of ether oxygens (including phenoxy) is 2. The lowest BCUT2D eigenvalue weighted by atomic mass is 10.1. The molecule has 0 saturated heterocycles. The van der Waals surface area contributed by atoms with E-state index >= 15 is 0 Å². The Morgan fingerprint density at radius 3 is 2.04 bits per heavy atom. The van der Waals surface area contributed by atoms with Gasteiger partial charge in [-0.15, -0.1) is 0 Å². The smallest absolute Gasteiger partial charge is 0.408 e. The summed E-state index contributed by atoms with van der Waals surface area (Å²) in [7, 11) is 0. The van der Waals surface area contributed by atoms with Crippen LogP contribution in [0.4, 0.5) is 13.6 Å². The van der Waals surface area contributed by atoms with E-state index in [-0.39, 0.29) is 0 Å². The first kappa shape index (κ1) is 24.2. The summed E-state index contributed by atoms with van der Waals surface area (Å²) in [5.74, 6) is -5.05. The molecule has 0 aliphatic carbocycles. The molecule has 0 fully saturated rings. The van der Waals surface area contributed by atoms with E-state index < -0.39 is 41.0 Å². The van der Waals surface area contributed by atoms with Crippen molar-refractivity contribution < 1.29 is 27.8 Å². The number of hydrogen-bond donors (Lipinski definition) is 1.